The molecule has 0 saturated carbocycles. The summed E-state index contributed by atoms with van der Waals surface area (Å²) in [6.07, 6.45) is 2.29. The summed E-state index contributed by atoms with van der Waals surface area (Å²) >= 11 is -1.53. The lowest BCUT2D eigenvalue weighted by Crippen LogP contribution is -2.28. The van der Waals surface area contributed by atoms with Crippen LogP contribution in [0.2, 0.25) is 0 Å². The topological polar surface area (TPSA) is 51.2 Å². The van der Waals surface area contributed by atoms with E-state index in [1.165, 1.54) is 0 Å². The maximum atomic E-state index is 12.1. The Morgan fingerprint density at radius 3 is 2.76 bits per heavy atom. The predicted molar refractivity (Wildman–Crippen MR) is 82.6 cm³/mol. The Balaban J connectivity index is 1.72. The van der Waals surface area contributed by atoms with E-state index < -0.39 is 11.1 Å². The summed E-state index contributed by atoms with van der Waals surface area (Å²) < 4.78 is 17.6. The number of benzene rings is 1. The van der Waals surface area contributed by atoms with Crippen LogP contribution in [-0.2, 0) is 11.1 Å². The third-order valence-electron chi connectivity index (χ3n) is 3.56. The summed E-state index contributed by atoms with van der Waals surface area (Å²) in [5.41, 5.74) is 1.00. The average molecular weight is 302 g/mol. The summed E-state index contributed by atoms with van der Waals surface area (Å²) in [7, 11) is 0. The fourth-order valence-corrected chi connectivity index (χ4v) is 3.19. The highest BCUT2D eigenvalue weighted by Gasteiger charge is 2.17. The number of piperidine rings is 1. The Morgan fingerprint density at radius 2 is 2.00 bits per heavy atom. The molecule has 1 N–H and O–H groups in total. The third kappa shape index (κ3) is 3.68. The van der Waals surface area contributed by atoms with Gasteiger partial charge in [0.1, 0.15) is 0 Å². The Labute approximate surface area is 127 Å². The molecular formula is C16H18N2O2S. The lowest BCUT2D eigenvalue weighted by atomic mass is 9.96. The van der Waals surface area contributed by atoms with Crippen LogP contribution in [0, 0.1) is 0 Å². The van der Waals surface area contributed by atoms with Gasteiger partial charge in [-0.2, -0.15) is 0 Å². The van der Waals surface area contributed by atoms with Gasteiger partial charge in [-0.3, -0.25) is 0 Å². The molecule has 1 aliphatic rings. The van der Waals surface area contributed by atoms with Gasteiger partial charge in [-0.1, -0.05) is 24.3 Å². The van der Waals surface area contributed by atoms with Crippen LogP contribution in [0.25, 0.3) is 0 Å². The van der Waals surface area contributed by atoms with Crippen LogP contribution in [0.15, 0.2) is 53.4 Å². The molecule has 0 bridgehead atoms. The molecule has 1 aromatic heterocycles. The molecule has 0 aliphatic carbocycles. The quantitative estimate of drug-likeness (QED) is 0.943. The van der Waals surface area contributed by atoms with Gasteiger partial charge in [-0.25, -0.2) is 9.19 Å². The van der Waals surface area contributed by atoms with Crippen LogP contribution in [0.3, 0.4) is 0 Å². The van der Waals surface area contributed by atoms with Crippen molar-refractivity contribution < 1.29 is 8.39 Å². The first-order valence-electron chi connectivity index (χ1n) is 7.16. The van der Waals surface area contributed by atoms with E-state index in [1.807, 2.05) is 30.3 Å². The predicted octanol–water partition coefficient (Wildman–Crippen LogP) is 2.65. The normalized spacial score (nSPS) is 19.9. The molecule has 110 valence electrons. The van der Waals surface area contributed by atoms with Gasteiger partial charge in [0.05, 0.1) is 4.90 Å². The van der Waals surface area contributed by atoms with Crippen LogP contribution < -0.4 is 9.50 Å². The van der Waals surface area contributed by atoms with Gasteiger partial charge >= 0.3 is 0 Å². The molecule has 5 heteroatoms. The molecule has 1 saturated heterocycles. The van der Waals surface area contributed by atoms with Crippen molar-refractivity contribution in [2.24, 2.45) is 0 Å². The average Bonchev–Trinajstić information content (AvgIpc) is 2.57. The first-order valence-corrected chi connectivity index (χ1v) is 8.23. The fraction of sp³-hybridized carbons (Fsp3) is 0.312. The van der Waals surface area contributed by atoms with E-state index in [4.69, 9.17) is 4.18 Å². The van der Waals surface area contributed by atoms with E-state index in [2.05, 4.69) is 10.3 Å². The first kappa shape index (κ1) is 14.2. The van der Waals surface area contributed by atoms with Crippen LogP contribution in [-0.4, -0.2) is 22.3 Å². The summed E-state index contributed by atoms with van der Waals surface area (Å²) in [4.78, 5) is 5.15. The van der Waals surface area contributed by atoms with Crippen molar-refractivity contribution in [3.05, 3.63) is 54.2 Å². The van der Waals surface area contributed by atoms with Crippen molar-refractivity contribution in [3.8, 4) is 5.88 Å². The SMILES string of the molecule is O=S(Oc1cccc(C2CCCNC2)n1)c1ccccc1. The maximum absolute atomic E-state index is 12.1. The number of nitrogens with one attached hydrogen (secondary N) is 1. The number of aromatic nitrogens is 1. The fourth-order valence-electron chi connectivity index (χ4n) is 2.47. The monoisotopic (exact) mass is 302 g/mol. The van der Waals surface area contributed by atoms with Gasteiger partial charge in [-0.15, -0.1) is 0 Å². The van der Waals surface area contributed by atoms with Gasteiger partial charge in [-0.05, 0) is 37.6 Å². The van der Waals surface area contributed by atoms with E-state index in [1.54, 1.807) is 18.2 Å². The molecule has 2 unspecified atom stereocenters. The lowest BCUT2D eigenvalue weighted by molar-refractivity contribution is 0.450. The zero-order chi connectivity index (χ0) is 14.5. The highest BCUT2D eigenvalue weighted by molar-refractivity contribution is 7.80. The minimum absolute atomic E-state index is 0.410. The molecule has 0 spiro atoms. The zero-order valence-electron chi connectivity index (χ0n) is 11.7. The second-order valence-electron chi connectivity index (χ2n) is 5.08. The molecule has 3 rings (SSSR count). The van der Waals surface area contributed by atoms with E-state index in [0.29, 0.717) is 16.7 Å². The Kier molecular flexibility index (Phi) is 4.62. The number of rotatable bonds is 4. The second kappa shape index (κ2) is 6.83. The standard InChI is InChI=1S/C16H18N2O2S/c19-21(14-7-2-1-3-8-14)20-16-10-4-9-15(18-16)13-6-5-11-17-12-13/h1-4,7-10,13,17H,5-6,11-12H2. The highest BCUT2D eigenvalue weighted by Crippen LogP contribution is 2.23. The van der Waals surface area contributed by atoms with E-state index in [0.717, 1.165) is 31.6 Å². The molecule has 1 aromatic carbocycles. The molecule has 1 aliphatic heterocycles. The second-order valence-corrected chi connectivity index (χ2v) is 6.18. The van der Waals surface area contributed by atoms with Crippen LogP contribution in [0.4, 0.5) is 0 Å². The highest BCUT2D eigenvalue weighted by atomic mass is 32.2. The molecule has 21 heavy (non-hydrogen) atoms. The minimum Gasteiger partial charge on any atom is -0.376 e. The van der Waals surface area contributed by atoms with E-state index in [-0.39, 0.29) is 0 Å². The van der Waals surface area contributed by atoms with Gasteiger partial charge in [0.25, 0.3) is 0 Å². The van der Waals surface area contributed by atoms with Crippen molar-refractivity contribution in [1.82, 2.24) is 10.3 Å². The number of nitrogens with zero attached hydrogens (tertiary/aromatic N) is 1. The summed E-state index contributed by atoms with van der Waals surface area (Å²) in [5.74, 6) is 0.827. The minimum atomic E-state index is -1.53. The van der Waals surface area contributed by atoms with Crippen molar-refractivity contribution in [3.63, 3.8) is 0 Å². The molecule has 4 nitrogen and oxygen atoms in total. The molecule has 0 radical (unpaired) electrons. The van der Waals surface area contributed by atoms with Crippen molar-refractivity contribution in [2.45, 2.75) is 23.7 Å². The molecular weight excluding hydrogens is 284 g/mol. The molecule has 2 heterocycles. The number of hydrogen-bond acceptors (Lipinski definition) is 4. The number of pyridine rings is 1. The van der Waals surface area contributed by atoms with Gasteiger partial charge in [0.2, 0.25) is 17.0 Å². The molecule has 2 atom stereocenters. The lowest BCUT2D eigenvalue weighted by Gasteiger charge is -2.22. The third-order valence-corrected chi connectivity index (χ3v) is 4.54. The van der Waals surface area contributed by atoms with E-state index >= 15 is 0 Å². The largest absolute Gasteiger partial charge is 0.376 e. The number of hydrogen-bond donors (Lipinski definition) is 1. The van der Waals surface area contributed by atoms with Crippen molar-refractivity contribution in [2.75, 3.05) is 13.1 Å². The van der Waals surface area contributed by atoms with Gasteiger partial charge in [0.15, 0.2) is 0 Å². The smallest absolute Gasteiger partial charge is 0.242 e. The first-order chi connectivity index (χ1) is 10.3. The Hall–Kier alpha value is -1.72. The molecule has 2 aromatic rings. The summed E-state index contributed by atoms with van der Waals surface area (Å²) in [6, 6.07) is 14.8. The summed E-state index contributed by atoms with van der Waals surface area (Å²) in [6.45, 7) is 2.02. The zero-order valence-corrected chi connectivity index (χ0v) is 12.5. The molecule has 0 amide bonds. The Morgan fingerprint density at radius 1 is 1.14 bits per heavy atom. The Bertz CT molecular complexity index is 613. The van der Waals surface area contributed by atoms with E-state index in [9.17, 15) is 4.21 Å². The maximum Gasteiger partial charge on any atom is 0.242 e. The van der Waals surface area contributed by atoms with Crippen molar-refractivity contribution in [1.29, 1.82) is 0 Å². The van der Waals surface area contributed by atoms with Crippen LogP contribution in [0.1, 0.15) is 24.5 Å². The van der Waals surface area contributed by atoms with Gasteiger partial charge in [0, 0.05) is 24.2 Å². The van der Waals surface area contributed by atoms with Crippen LogP contribution in [0.5, 0.6) is 5.88 Å². The summed E-state index contributed by atoms with van der Waals surface area (Å²) in [5, 5.41) is 3.38. The van der Waals surface area contributed by atoms with Crippen LogP contribution >= 0.6 is 0 Å². The van der Waals surface area contributed by atoms with Crippen molar-refractivity contribution >= 4 is 11.1 Å². The van der Waals surface area contributed by atoms with Gasteiger partial charge < -0.3 is 9.50 Å². The molecule has 1 fully saturated rings.